The van der Waals surface area contributed by atoms with Crippen LogP contribution in [-0.4, -0.2) is 54.7 Å². The lowest BCUT2D eigenvalue weighted by Gasteiger charge is -2.35. The predicted octanol–water partition coefficient (Wildman–Crippen LogP) is 2.71. The average molecular weight is 338 g/mol. The zero-order chi connectivity index (χ0) is 14.8. The highest BCUT2D eigenvalue weighted by molar-refractivity contribution is 7.20. The Balaban J connectivity index is 1.92. The van der Waals surface area contributed by atoms with Crippen molar-refractivity contribution in [1.29, 1.82) is 0 Å². The van der Waals surface area contributed by atoms with Crippen molar-refractivity contribution in [2.24, 2.45) is 0 Å². The summed E-state index contributed by atoms with van der Waals surface area (Å²) in [6.07, 6.45) is 1.19. The summed E-state index contributed by atoms with van der Waals surface area (Å²) in [5.74, 6) is -0.0868. The molecule has 20 heavy (non-hydrogen) atoms. The number of ketones is 1. The topological polar surface area (TPSA) is 49.8 Å². The number of nitrogens with zero attached hydrogens (tertiary/aromatic N) is 1. The average Bonchev–Trinajstić information content (AvgIpc) is 2.68. The predicted molar refractivity (Wildman–Crippen MR) is 81.2 cm³/mol. The quantitative estimate of drug-likeness (QED) is 0.839. The number of halogens is 2. The van der Waals surface area contributed by atoms with Crippen molar-refractivity contribution in [3.8, 4) is 0 Å². The lowest BCUT2D eigenvalue weighted by Crippen LogP contribution is -2.46. The molecule has 0 saturated carbocycles. The molecule has 4 nitrogen and oxygen atoms in total. The summed E-state index contributed by atoms with van der Waals surface area (Å²) in [5.41, 5.74) is -0.323. The molecule has 1 saturated heterocycles. The molecule has 1 N–H and O–H groups in total. The van der Waals surface area contributed by atoms with Crippen molar-refractivity contribution in [2.45, 2.75) is 18.4 Å². The fraction of sp³-hybridized carbons (Fsp3) is 0.615. The Labute approximate surface area is 132 Å². The maximum Gasteiger partial charge on any atom is 0.179 e. The molecule has 1 aromatic rings. The van der Waals surface area contributed by atoms with E-state index in [2.05, 4.69) is 0 Å². The second-order valence-electron chi connectivity index (χ2n) is 5.17. The zero-order valence-electron chi connectivity index (χ0n) is 11.2. The molecule has 0 aromatic carbocycles. The van der Waals surface area contributed by atoms with Crippen LogP contribution in [0.4, 0.5) is 0 Å². The first-order valence-corrected chi connectivity index (χ1v) is 7.93. The molecule has 1 aliphatic heterocycles. The molecular formula is C13H17Cl2NO3S. The summed E-state index contributed by atoms with van der Waals surface area (Å²) < 4.78 is 6.16. The molecule has 0 radical (unpaired) electrons. The first-order chi connectivity index (χ1) is 9.39. The highest BCUT2D eigenvalue weighted by Gasteiger charge is 2.31. The van der Waals surface area contributed by atoms with E-state index in [1.54, 1.807) is 6.07 Å². The van der Waals surface area contributed by atoms with E-state index in [0.29, 0.717) is 46.8 Å². The molecule has 1 aromatic heterocycles. The van der Waals surface area contributed by atoms with E-state index in [9.17, 15) is 9.90 Å². The Hall–Kier alpha value is -0.170. The monoisotopic (exact) mass is 337 g/mol. The van der Waals surface area contributed by atoms with Crippen molar-refractivity contribution < 1.29 is 14.6 Å². The van der Waals surface area contributed by atoms with E-state index in [1.807, 2.05) is 11.9 Å². The smallest absolute Gasteiger partial charge is 0.179 e. The number of carbonyl (C=O) groups is 1. The van der Waals surface area contributed by atoms with E-state index < -0.39 is 5.60 Å². The number of thiophene rings is 1. The Morgan fingerprint density at radius 2 is 2.15 bits per heavy atom. The lowest BCUT2D eigenvalue weighted by atomic mass is 9.94. The number of rotatable bonds is 5. The molecule has 0 atom stereocenters. The van der Waals surface area contributed by atoms with Gasteiger partial charge in [0.2, 0.25) is 0 Å². The van der Waals surface area contributed by atoms with Crippen LogP contribution in [-0.2, 0) is 4.74 Å². The number of ether oxygens (including phenoxy) is 1. The van der Waals surface area contributed by atoms with Crippen LogP contribution in [0.5, 0.6) is 0 Å². The van der Waals surface area contributed by atoms with Crippen LogP contribution in [0, 0.1) is 0 Å². The number of Topliss-reactive ketones (excluding diaryl/α,β-unsaturated/α-hetero) is 1. The van der Waals surface area contributed by atoms with Gasteiger partial charge in [-0.3, -0.25) is 9.69 Å². The van der Waals surface area contributed by atoms with Crippen LogP contribution in [0.1, 0.15) is 23.2 Å². The van der Waals surface area contributed by atoms with Crippen LogP contribution in [0.3, 0.4) is 0 Å². The second kappa shape index (κ2) is 6.73. The van der Waals surface area contributed by atoms with Crippen molar-refractivity contribution in [3.63, 3.8) is 0 Å². The number of hydrogen-bond donors (Lipinski definition) is 1. The van der Waals surface area contributed by atoms with Crippen molar-refractivity contribution in [1.82, 2.24) is 4.90 Å². The Morgan fingerprint density at radius 1 is 1.50 bits per heavy atom. The molecular weight excluding hydrogens is 321 g/mol. The number of carbonyl (C=O) groups excluding carboxylic acids is 1. The minimum atomic E-state index is -0.774. The third-order valence-electron chi connectivity index (χ3n) is 3.36. The third kappa shape index (κ3) is 4.16. The van der Waals surface area contributed by atoms with Crippen LogP contribution in [0.15, 0.2) is 6.07 Å². The van der Waals surface area contributed by atoms with Gasteiger partial charge in [0.15, 0.2) is 5.78 Å². The van der Waals surface area contributed by atoms with Gasteiger partial charge in [0.1, 0.15) is 4.34 Å². The molecule has 0 bridgehead atoms. The number of likely N-dealkylation sites (N-methyl/N-ethyl adjacent to an activating group) is 1. The van der Waals surface area contributed by atoms with Crippen LogP contribution in [0.2, 0.25) is 8.67 Å². The summed E-state index contributed by atoms with van der Waals surface area (Å²) in [6.45, 7) is 1.77. The number of aliphatic hydroxyl groups is 1. The molecule has 2 heterocycles. The van der Waals surface area contributed by atoms with Gasteiger partial charge in [-0.25, -0.2) is 0 Å². The van der Waals surface area contributed by atoms with Gasteiger partial charge in [-0.05, 0) is 13.1 Å². The standard InChI is InChI=1S/C13H17Cl2NO3S/c1-16(8-13(18)2-4-19-5-3-13)7-10(17)9-6-11(14)20-12(9)15/h6,18H,2-5,7-8H2,1H3. The third-order valence-corrected chi connectivity index (χ3v) is 4.85. The van der Waals surface area contributed by atoms with Gasteiger partial charge in [-0.15, -0.1) is 11.3 Å². The van der Waals surface area contributed by atoms with Gasteiger partial charge < -0.3 is 9.84 Å². The van der Waals surface area contributed by atoms with Crippen molar-refractivity contribution >= 4 is 40.3 Å². The second-order valence-corrected chi connectivity index (χ2v) is 7.46. The number of hydrogen-bond acceptors (Lipinski definition) is 5. The van der Waals surface area contributed by atoms with Crippen molar-refractivity contribution in [3.05, 3.63) is 20.3 Å². The largest absolute Gasteiger partial charge is 0.388 e. The summed E-state index contributed by atoms with van der Waals surface area (Å²) in [4.78, 5) is 14.0. The fourth-order valence-corrected chi connectivity index (χ4v) is 3.83. The van der Waals surface area contributed by atoms with Crippen LogP contribution < -0.4 is 0 Å². The summed E-state index contributed by atoms with van der Waals surface area (Å²) in [6, 6.07) is 1.59. The molecule has 112 valence electrons. The Morgan fingerprint density at radius 3 is 2.70 bits per heavy atom. The lowest BCUT2D eigenvalue weighted by molar-refractivity contribution is -0.0758. The molecule has 1 fully saturated rings. The highest BCUT2D eigenvalue weighted by atomic mass is 35.5. The van der Waals surface area contributed by atoms with E-state index in [0.717, 1.165) is 0 Å². The van der Waals surface area contributed by atoms with Crippen LogP contribution >= 0.6 is 34.5 Å². The Bertz CT molecular complexity index is 486. The molecule has 0 amide bonds. The minimum Gasteiger partial charge on any atom is -0.388 e. The summed E-state index contributed by atoms with van der Waals surface area (Å²) in [7, 11) is 1.81. The van der Waals surface area contributed by atoms with Gasteiger partial charge in [0.25, 0.3) is 0 Å². The van der Waals surface area contributed by atoms with E-state index in [1.165, 1.54) is 11.3 Å². The molecule has 0 aliphatic carbocycles. The van der Waals surface area contributed by atoms with Gasteiger partial charge in [-0.2, -0.15) is 0 Å². The van der Waals surface area contributed by atoms with E-state index >= 15 is 0 Å². The van der Waals surface area contributed by atoms with Crippen molar-refractivity contribution in [2.75, 3.05) is 33.4 Å². The highest BCUT2D eigenvalue weighted by Crippen LogP contribution is 2.31. The molecule has 1 aliphatic rings. The summed E-state index contributed by atoms with van der Waals surface area (Å²) in [5, 5.41) is 10.4. The van der Waals surface area contributed by atoms with E-state index in [4.69, 9.17) is 27.9 Å². The first kappa shape index (κ1) is 16.2. The maximum atomic E-state index is 12.2. The zero-order valence-corrected chi connectivity index (χ0v) is 13.5. The minimum absolute atomic E-state index is 0.0868. The molecule has 0 spiro atoms. The SMILES string of the molecule is CN(CC(=O)c1cc(Cl)sc1Cl)CC1(O)CCOCC1. The Kier molecular flexibility index (Phi) is 5.45. The maximum absolute atomic E-state index is 12.2. The van der Waals surface area contributed by atoms with Crippen LogP contribution in [0.25, 0.3) is 0 Å². The first-order valence-electron chi connectivity index (χ1n) is 6.36. The van der Waals surface area contributed by atoms with Gasteiger partial charge >= 0.3 is 0 Å². The molecule has 2 rings (SSSR count). The fourth-order valence-electron chi connectivity index (χ4n) is 2.33. The van der Waals surface area contributed by atoms with E-state index in [-0.39, 0.29) is 12.3 Å². The molecule has 7 heteroatoms. The molecule has 0 unspecified atom stereocenters. The van der Waals surface area contributed by atoms with Gasteiger partial charge in [0, 0.05) is 32.6 Å². The summed E-state index contributed by atoms with van der Waals surface area (Å²) >= 11 is 13.0. The van der Waals surface area contributed by atoms with Gasteiger partial charge in [-0.1, -0.05) is 23.2 Å². The van der Waals surface area contributed by atoms with Gasteiger partial charge in [0.05, 0.1) is 22.0 Å². The normalized spacial score (nSPS) is 18.4.